The van der Waals surface area contributed by atoms with Crippen molar-refractivity contribution in [1.29, 1.82) is 0 Å². The highest BCUT2D eigenvalue weighted by Gasteiger charge is 2.15. The van der Waals surface area contributed by atoms with Gasteiger partial charge in [-0.25, -0.2) is 0 Å². The van der Waals surface area contributed by atoms with Gasteiger partial charge in [0.1, 0.15) is 5.75 Å². The third-order valence-electron chi connectivity index (χ3n) is 3.30. The van der Waals surface area contributed by atoms with Crippen LogP contribution in [0.4, 0.5) is 0 Å². The summed E-state index contributed by atoms with van der Waals surface area (Å²) in [6, 6.07) is 11.8. The molecule has 0 fully saturated rings. The molecule has 0 amide bonds. The van der Waals surface area contributed by atoms with Gasteiger partial charge < -0.3 is 4.74 Å². The predicted octanol–water partition coefficient (Wildman–Crippen LogP) is 5.29. The Kier molecular flexibility index (Phi) is 4.38. The van der Waals surface area contributed by atoms with E-state index >= 15 is 0 Å². The molecule has 3 heteroatoms. The van der Waals surface area contributed by atoms with Gasteiger partial charge in [0, 0.05) is 5.02 Å². The Balaban J connectivity index is 2.38. The first-order valence-electron chi connectivity index (χ1n) is 6.07. The van der Waals surface area contributed by atoms with Gasteiger partial charge >= 0.3 is 0 Å². The first-order chi connectivity index (χ1) is 9.02. The number of rotatable bonds is 3. The lowest BCUT2D eigenvalue weighted by Crippen LogP contribution is -1.96. The van der Waals surface area contributed by atoms with Crippen molar-refractivity contribution >= 4 is 23.2 Å². The fraction of sp³-hybridized carbons (Fsp3) is 0.250. The van der Waals surface area contributed by atoms with Crippen molar-refractivity contribution in [3.8, 4) is 5.75 Å². The van der Waals surface area contributed by atoms with E-state index in [2.05, 4.69) is 26.0 Å². The Bertz CT molecular complexity index is 593. The van der Waals surface area contributed by atoms with Crippen LogP contribution in [0.15, 0.2) is 36.4 Å². The molecule has 0 saturated heterocycles. The molecule has 1 nitrogen and oxygen atoms in total. The molecule has 2 rings (SSSR count). The average Bonchev–Trinajstić information content (AvgIpc) is 2.41. The van der Waals surface area contributed by atoms with Crippen LogP contribution in [0.25, 0.3) is 0 Å². The maximum atomic E-state index is 6.53. The number of methoxy groups -OCH3 is 1. The lowest BCUT2D eigenvalue weighted by molar-refractivity contribution is 0.414. The fourth-order valence-electron chi connectivity index (χ4n) is 1.94. The Labute approximate surface area is 124 Å². The molecular formula is C16H16Cl2O. The number of alkyl halides is 1. The minimum atomic E-state index is -0.252. The van der Waals surface area contributed by atoms with E-state index in [9.17, 15) is 0 Å². The second kappa shape index (κ2) is 5.85. The molecule has 0 aliphatic rings. The number of benzene rings is 2. The van der Waals surface area contributed by atoms with Crippen molar-refractivity contribution in [3.63, 3.8) is 0 Å². The van der Waals surface area contributed by atoms with Crippen molar-refractivity contribution in [3.05, 3.63) is 63.7 Å². The van der Waals surface area contributed by atoms with E-state index in [1.807, 2.05) is 18.2 Å². The van der Waals surface area contributed by atoms with Gasteiger partial charge in [0.25, 0.3) is 0 Å². The van der Waals surface area contributed by atoms with Gasteiger partial charge in [-0.2, -0.15) is 0 Å². The number of hydrogen-bond acceptors (Lipinski definition) is 1. The molecule has 0 spiro atoms. The van der Waals surface area contributed by atoms with Gasteiger partial charge in [-0.05, 0) is 48.2 Å². The van der Waals surface area contributed by atoms with Crippen molar-refractivity contribution in [2.24, 2.45) is 0 Å². The molecule has 1 unspecified atom stereocenters. The van der Waals surface area contributed by atoms with Crippen molar-refractivity contribution in [2.75, 3.05) is 7.11 Å². The highest BCUT2D eigenvalue weighted by atomic mass is 35.5. The molecule has 2 aromatic rings. The van der Waals surface area contributed by atoms with Crippen LogP contribution in [0.1, 0.15) is 27.6 Å². The fourth-order valence-corrected chi connectivity index (χ4v) is 2.60. The highest BCUT2D eigenvalue weighted by molar-refractivity contribution is 6.33. The molecular weight excluding hydrogens is 279 g/mol. The normalized spacial score (nSPS) is 12.3. The second-order valence-corrected chi connectivity index (χ2v) is 5.44. The Morgan fingerprint density at radius 2 is 1.74 bits per heavy atom. The number of halogens is 2. The zero-order valence-corrected chi connectivity index (χ0v) is 12.7. The zero-order valence-electron chi connectivity index (χ0n) is 11.2. The van der Waals surface area contributed by atoms with Crippen molar-refractivity contribution < 1.29 is 4.74 Å². The summed E-state index contributed by atoms with van der Waals surface area (Å²) in [5.74, 6) is 0.734. The minimum absolute atomic E-state index is 0.252. The smallest absolute Gasteiger partial charge is 0.120 e. The molecule has 0 bridgehead atoms. The van der Waals surface area contributed by atoms with E-state index in [1.54, 1.807) is 13.2 Å². The van der Waals surface area contributed by atoms with Gasteiger partial charge in [0.15, 0.2) is 0 Å². The molecule has 0 N–H and O–H groups in total. The van der Waals surface area contributed by atoms with Crippen LogP contribution in [0, 0.1) is 13.8 Å². The van der Waals surface area contributed by atoms with Gasteiger partial charge in [-0.3, -0.25) is 0 Å². The molecule has 0 aromatic heterocycles. The van der Waals surface area contributed by atoms with Crippen LogP contribution >= 0.6 is 23.2 Å². The second-order valence-electron chi connectivity index (χ2n) is 4.59. The summed E-state index contributed by atoms with van der Waals surface area (Å²) in [5, 5.41) is 0.371. The van der Waals surface area contributed by atoms with Gasteiger partial charge in [-0.15, -0.1) is 11.6 Å². The number of aryl methyl sites for hydroxylation is 2. The molecule has 100 valence electrons. The van der Waals surface area contributed by atoms with Crippen LogP contribution in [-0.2, 0) is 0 Å². The van der Waals surface area contributed by atoms with E-state index in [1.165, 1.54) is 11.1 Å². The summed E-state index contributed by atoms with van der Waals surface area (Å²) >= 11 is 12.8. The van der Waals surface area contributed by atoms with Crippen molar-refractivity contribution in [2.45, 2.75) is 19.2 Å². The van der Waals surface area contributed by atoms with Crippen LogP contribution in [0.5, 0.6) is 5.75 Å². The summed E-state index contributed by atoms with van der Waals surface area (Å²) in [4.78, 5) is 0. The summed E-state index contributed by atoms with van der Waals surface area (Å²) < 4.78 is 5.14. The van der Waals surface area contributed by atoms with Gasteiger partial charge in [0.2, 0.25) is 0 Å². The predicted molar refractivity (Wildman–Crippen MR) is 81.6 cm³/mol. The summed E-state index contributed by atoms with van der Waals surface area (Å²) in [7, 11) is 1.62. The molecule has 2 aromatic carbocycles. The minimum Gasteiger partial charge on any atom is -0.497 e. The average molecular weight is 295 g/mol. The quantitative estimate of drug-likeness (QED) is 0.699. The van der Waals surface area contributed by atoms with Crippen LogP contribution in [0.3, 0.4) is 0 Å². The molecule has 0 radical (unpaired) electrons. The molecule has 0 heterocycles. The maximum absolute atomic E-state index is 6.53. The molecule has 0 aliphatic heterocycles. The largest absolute Gasteiger partial charge is 0.497 e. The van der Waals surface area contributed by atoms with E-state index in [-0.39, 0.29) is 5.38 Å². The monoisotopic (exact) mass is 294 g/mol. The Morgan fingerprint density at radius 3 is 2.32 bits per heavy atom. The van der Waals surface area contributed by atoms with Crippen LogP contribution in [0.2, 0.25) is 5.02 Å². The summed E-state index contributed by atoms with van der Waals surface area (Å²) in [5.41, 5.74) is 4.44. The molecule has 0 aliphatic carbocycles. The maximum Gasteiger partial charge on any atom is 0.120 e. The molecule has 1 atom stereocenters. The summed E-state index contributed by atoms with van der Waals surface area (Å²) in [6.45, 7) is 4.17. The molecule has 19 heavy (non-hydrogen) atoms. The van der Waals surface area contributed by atoms with Crippen LogP contribution < -0.4 is 4.74 Å². The van der Waals surface area contributed by atoms with Crippen LogP contribution in [-0.4, -0.2) is 7.11 Å². The first-order valence-corrected chi connectivity index (χ1v) is 6.89. The van der Waals surface area contributed by atoms with E-state index in [0.717, 1.165) is 16.9 Å². The standard InChI is InChI=1S/C16H16Cl2O/c1-10-4-5-12(8-11(10)2)16(18)14-7-6-13(19-3)9-15(14)17/h4-9,16H,1-3H3. The topological polar surface area (TPSA) is 9.23 Å². The zero-order chi connectivity index (χ0) is 14.0. The lowest BCUT2D eigenvalue weighted by atomic mass is 10.00. The van der Waals surface area contributed by atoms with Gasteiger partial charge in [0.05, 0.1) is 12.5 Å². The Hall–Kier alpha value is -1.18. The highest BCUT2D eigenvalue weighted by Crippen LogP contribution is 2.35. The summed E-state index contributed by atoms with van der Waals surface area (Å²) in [6.07, 6.45) is 0. The first kappa shape index (κ1) is 14.2. The number of ether oxygens (including phenoxy) is 1. The van der Waals surface area contributed by atoms with E-state index in [0.29, 0.717) is 5.02 Å². The van der Waals surface area contributed by atoms with E-state index < -0.39 is 0 Å². The van der Waals surface area contributed by atoms with Crippen molar-refractivity contribution in [1.82, 2.24) is 0 Å². The lowest BCUT2D eigenvalue weighted by Gasteiger charge is -2.14. The third-order valence-corrected chi connectivity index (χ3v) is 4.12. The third kappa shape index (κ3) is 3.05. The van der Waals surface area contributed by atoms with Gasteiger partial charge in [-0.1, -0.05) is 35.9 Å². The number of hydrogen-bond donors (Lipinski definition) is 0. The SMILES string of the molecule is COc1ccc(C(Cl)c2ccc(C)c(C)c2)c(Cl)c1. The molecule has 0 saturated carbocycles. The Morgan fingerprint density at radius 1 is 1.00 bits per heavy atom. The van der Waals surface area contributed by atoms with E-state index in [4.69, 9.17) is 27.9 Å².